The molecule has 8 N–H and O–H groups in total. The number of alkyl halides is 1. The van der Waals surface area contributed by atoms with Gasteiger partial charge < -0.3 is 53.2 Å². The van der Waals surface area contributed by atoms with Gasteiger partial charge in [0.2, 0.25) is 4.87 Å². The second kappa shape index (κ2) is 14.6. The molecule has 0 saturated carbocycles. The van der Waals surface area contributed by atoms with Crippen molar-refractivity contribution in [2.24, 2.45) is 5.92 Å². The zero-order chi connectivity index (χ0) is 20.7. The Morgan fingerprint density at radius 2 is 1.57 bits per heavy atom. The van der Waals surface area contributed by atoms with Crippen molar-refractivity contribution in [2.75, 3.05) is 13.2 Å². The van der Waals surface area contributed by atoms with Gasteiger partial charge in [-0.25, -0.2) is 9.59 Å². The summed E-state index contributed by atoms with van der Waals surface area (Å²) in [5.41, 5.74) is 0. The van der Waals surface area contributed by atoms with Crippen LogP contribution in [0.15, 0.2) is 0 Å². The standard InChI is InChI=1S/C11H17ClO10.C4H9.H2N.Pt/c12-11(9(17)18,10(19)20)1-2-21-8-7(16)6(15)5(14)4(3-13)22-8;1-4(2)3;;/h4-8,13-16H,1-3H2,(H,17,18)(H,19,20);4H,1H2,2-3H3;1H2;/q;2*-1;+2/t4-,5-,6+,7-,8?;;;/m1.../s1. The molecular formula is C15H28ClNO10Pt. The van der Waals surface area contributed by atoms with Gasteiger partial charge >= 0.3 is 33.0 Å². The van der Waals surface area contributed by atoms with E-state index in [-0.39, 0.29) is 27.2 Å². The van der Waals surface area contributed by atoms with Gasteiger partial charge in [0.25, 0.3) is 0 Å². The molecule has 0 bridgehead atoms. The van der Waals surface area contributed by atoms with Gasteiger partial charge in [0, 0.05) is 6.42 Å². The van der Waals surface area contributed by atoms with Crippen LogP contribution in [0.25, 0.3) is 6.15 Å². The third kappa shape index (κ3) is 9.42. The first kappa shape index (κ1) is 32.3. The zero-order valence-electron chi connectivity index (χ0n) is 15.4. The monoisotopic (exact) mass is 612 g/mol. The van der Waals surface area contributed by atoms with Crippen molar-refractivity contribution in [3.63, 3.8) is 0 Å². The molecule has 11 nitrogen and oxygen atoms in total. The number of hydrogen-bond donors (Lipinski definition) is 6. The maximum Gasteiger partial charge on any atom is 2.00 e. The largest absolute Gasteiger partial charge is 2.00 e. The molecule has 1 heterocycles. The van der Waals surface area contributed by atoms with E-state index in [0.717, 1.165) is 0 Å². The van der Waals surface area contributed by atoms with E-state index in [9.17, 15) is 24.9 Å². The molecule has 0 aromatic rings. The Morgan fingerprint density at radius 3 is 1.93 bits per heavy atom. The number of rotatable bonds is 7. The van der Waals surface area contributed by atoms with Crippen LogP contribution in [0.2, 0.25) is 0 Å². The summed E-state index contributed by atoms with van der Waals surface area (Å²) >= 11 is 5.46. The number of ether oxygens (including phenoxy) is 2. The molecule has 0 amide bonds. The van der Waals surface area contributed by atoms with Gasteiger partial charge in [-0.2, -0.15) is 5.92 Å². The second-order valence-electron chi connectivity index (χ2n) is 6.12. The van der Waals surface area contributed by atoms with E-state index in [1.807, 2.05) is 0 Å². The summed E-state index contributed by atoms with van der Waals surface area (Å²) in [7, 11) is 0. The molecule has 1 aliphatic rings. The van der Waals surface area contributed by atoms with Gasteiger partial charge in [0.1, 0.15) is 24.4 Å². The van der Waals surface area contributed by atoms with Gasteiger partial charge in [-0.3, -0.25) is 0 Å². The Balaban J connectivity index is -0.000000948. The number of aliphatic hydroxyl groups is 4. The van der Waals surface area contributed by atoms with Crippen molar-refractivity contribution in [1.82, 2.24) is 0 Å². The van der Waals surface area contributed by atoms with Crippen LogP contribution < -0.4 is 0 Å². The topological polar surface area (TPSA) is 207 Å². The average Bonchev–Trinajstić information content (AvgIpc) is 2.53. The first-order valence-electron chi connectivity index (χ1n) is 7.79. The molecule has 5 atom stereocenters. The van der Waals surface area contributed by atoms with Crippen LogP contribution in [0.3, 0.4) is 0 Å². The smallest absolute Gasteiger partial charge is 0.693 e. The van der Waals surface area contributed by atoms with Crippen LogP contribution in [0.4, 0.5) is 0 Å². The van der Waals surface area contributed by atoms with Crippen LogP contribution in [-0.2, 0) is 40.1 Å². The third-order valence-electron chi connectivity index (χ3n) is 3.26. The minimum Gasteiger partial charge on any atom is -0.693 e. The molecule has 0 spiro atoms. The Bertz CT molecular complexity index is 451. The molecule has 0 aliphatic carbocycles. The number of carboxylic acid groups (broad SMARTS) is 2. The Hall–Kier alpha value is -0.362. The summed E-state index contributed by atoms with van der Waals surface area (Å²) in [5, 5.41) is 55.3. The normalized spacial score (nSPS) is 27.0. The van der Waals surface area contributed by atoms with Crippen LogP contribution in [0.5, 0.6) is 0 Å². The van der Waals surface area contributed by atoms with E-state index in [1.165, 1.54) is 0 Å². The number of aliphatic hydroxyl groups excluding tert-OH is 4. The van der Waals surface area contributed by atoms with E-state index in [1.54, 1.807) is 0 Å². The summed E-state index contributed by atoms with van der Waals surface area (Å²) in [6.45, 7) is 6.57. The molecule has 0 radical (unpaired) electrons. The molecule has 1 unspecified atom stereocenters. The van der Waals surface area contributed by atoms with E-state index >= 15 is 0 Å². The van der Waals surface area contributed by atoms with Gasteiger partial charge in [-0.05, 0) is 0 Å². The van der Waals surface area contributed by atoms with Crippen molar-refractivity contribution in [3.8, 4) is 0 Å². The number of hydrogen-bond acceptors (Lipinski definition) is 8. The predicted molar refractivity (Wildman–Crippen MR) is 93.7 cm³/mol. The minimum atomic E-state index is -2.60. The zero-order valence-corrected chi connectivity index (χ0v) is 18.4. The number of nitrogens with two attached hydrogens (primary N) is 1. The van der Waals surface area contributed by atoms with Gasteiger partial charge in [-0.15, -0.1) is 0 Å². The van der Waals surface area contributed by atoms with Crippen molar-refractivity contribution in [1.29, 1.82) is 0 Å². The molecule has 1 saturated heterocycles. The van der Waals surface area contributed by atoms with E-state index in [4.69, 9.17) is 36.4 Å². The molecule has 1 rings (SSSR count). The molecule has 0 aromatic carbocycles. The SMILES string of the molecule is O=C(O)C(Cl)(CCOC1O[C@H](CO)[C@@H](O)[C@H](O)[C@H]1O)C(=O)O.[CH2-]C(C)C.[NH2-].[Pt+2]. The number of halogens is 1. The number of aliphatic carboxylic acids is 2. The maximum atomic E-state index is 10.8. The van der Waals surface area contributed by atoms with Gasteiger partial charge in [0.05, 0.1) is 13.2 Å². The van der Waals surface area contributed by atoms with E-state index in [2.05, 4.69) is 20.8 Å². The molecule has 0 aromatic heterocycles. The molecule has 170 valence electrons. The number of carboxylic acids is 2. The van der Waals surface area contributed by atoms with Crippen LogP contribution in [0, 0.1) is 12.8 Å². The fraction of sp³-hybridized carbons (Fsp3) is 0.800. The first-order chi connectivity index (χ1) is 11.9. The fourth-order valence-electron chi connectivity index (χ4n) is 1.83. The minimum absolute atomic E-state index is 0. The summed E-state index contributed by atoms with van der Waals surface area (Å²) < 4.78 is 9.97. The maximum absolute atomic E-state index is 10.8. The van der Waals surface area contributed by atoms with Crippen LogP contribution >= 0.6 is 11.6 Å². The first-order valence-corrected chi connectivity index (χ1v) is 8.17. The Morgan fingerprint density at radius 1 is 1.14 bits per heavy atom. The van der Waals surface area contributed by atoms with Crippen LogP contribution in [0.1, 0.15) is 20.3 Å². The molecule has 28 heavy (non-hydrogen) atoms. The summed E-state index contributed by atoms with van der Waals surface area (Å²) in [6.07, 6.45) is -8.21. The molecule has 1 aliphatic heterocycles. The van der Waals surface area contributed by atoms with Crippen molar-refractivity contribution >= 4 is 23.5 Å². The molecular weight excluding hydrogens is 585 g/mol. The summed E-state index contributed by atoms with van der Waals surface area (Å²) in [4.78, 5) is 19.1. The average molecular weight is 613 g/mol. The third-order valence-corrected chi connectivity index (χ3v) is 3.77. The Kier molecular flexibility index (Phi) is 16.8. The van der Waals surface area contributed by atoms with Crippen molar-refractivity contribution in [2.45, 2.75) is 55.8 Å². The second-order valence-corrected chi connectivity index (χ2v) is 6.77. The predicted octanol–water partition coefficient (Wildman–Crippen LogP) is -0.469. The quantitative estimate of drug-likeness (QED) is 0.124. The Labute approximate surface area is 182 Å². The van der Waals surface area contributed by atoms with Crippen molar-refractivity contribution < 1.29 is 70.8 Å². The van der Waals surface area contributed by atoms with E-state index in [0.29, 0.717) is 5.92 Å². The number of carbonyl (C=O) groups is 2. The van der Waals surface area contributed by atoms with E-state index < -0.39 is 67.2 Å². The summed E-state index contributed by atoms with van der Waals surface area (Å²) in [5.74, 6) is -2.97. The van der Waals surface area contributed by atoms with Crippen LogP contribution in [-0.4, -0.2) is 91.4 Å². The van der Waals surface area contributed by atoms with Crippen molar-refractivity contribution in [3.05, 3.63) is 13.1 Å². The van der Waals surface area contributed by atoms with Gasteiger partial charge in [0.15, 0.2) is 6.29 Å². The summed E-state index contributed by atoms with van der Waals surface area (Å²) in [6, 6.07) is 0. The molecule has 13 heteroatoms. The van der Waals surface area contributed by atoms with Gasteiger partial charge in [-0.1, -0.05) is 25.4 Å². The fourth-order valence-corrected chi connectivity index (χ4v) is 1.90. The molecule has 1 fully saturated rings.